The third kappa shape index (κ3) is 2.74. The van der Waals surface area contributed by atoms with Crippen LogP contribution in [-0.4, -0.2) is 23.9 Å². The first kappa shape index (κ1) is 13.5. The fourth-order valence-corrected chi connectivity index (χ4v) is 3.02. The van der Waals surface area contributed by atoms with Crippen molar-refractivity contribution >= 4 is 21.8 Å². The van der Waals surface area contributed by atoms with Crippen molar-refractivity contribution < 1.29 is 9.18 Å². The van der Waals surface area contributed by atoms with Crippen LogP contribution in [0, 0.1) is 5.82 Å². The smallest absolute Gasteiger partial charge is 0.257 e. The Morgan fingerprint density at radius 3 is 2.61 bits per heavy atom. The van der Waals surface area contributed by atoms with Crippen molar-refractivity contribution in [1.29, 1.82) is 0 Å². The molecule has 1 aromatic carbocycles. The summed E-state index contributed by atoms with van der Waals surface area (Å²) in [6, 6.07) is 4.87. The predicted octanol–water partition coefficient (Wildman–Crippen LogP) is 3.99. The van der Waals surface area contributed by atoms with E-state index in [1.165, 1.54) is 12.5 Å². The molecule has 2 nitrogen and oxygen atoms in total. The van der Waals surface area contributed by atoms with Gasteiger partial charge in [0.25, 0.3) is 5.91 Å². The van der Waals surface area contributed by atoms with Crippen molar-refractivity contribution in [2.75, 3.05) is 7.05 Å². The maximum absolute atomic E-state index is 13.8. The summed E-state index contributed by atoms with van der Waals surface area (Å²) in [6.07, 6.45) is 5.59. The van der Waals surface area contributed by atoms with E-state index in [2.05, 4.69) is 15.9 Å². The number of hydrogen-bond donors (Lipinski definition) is 0. The molecule has 1 fully saturated rings. The predicted molar refractivity (Wildman–Crippen MR) is 73.1 cm³/mol. The lowest BCUT2D eigenvalue weighted by Gasteiger charge is -2.31. The van der Waals surface area contributed by atoms with Crippen LogP contribution >= 0.6 is 15.9 Å². The van der Waals surface area contributed by atoms with Gasteiger partial charge < -0.3 is 4.90 Å². The first-order valence-corrected chi connectivity index (χ1v) is 7.11. The monoisotopic (exact) mass is 313 g/mol. The van der Waals surface area contributed by atoms with Crippen LogP contribution in [0.4, 0.5) is 4.39 Å². The zero-order valence-electron chi connectivity index (χ0n) is 10.5. The van der Waals surface area contributed by atoms with E-state index in [-0.39, 0.29) is 17.5 Å². The molecular formula is C14H17BrFNO. The Balaban J connectivity index is 2.19. The molecule has 0 spiro atoms. The molecule has 0 saturated heterocycles. The highest BCUT2D eigenvalue weighted by molar-refractivity contribution is 9.10. The van der Waals surface area contributed by atoms with Gasteiger partial charge in [0.05, 0.1) is 5.56 Å². The Labute approximate surface area is 115 Å². The molecule has 98 valence electrons. The summed E-state index contributed by atoms with van der Waals surface area (Å²) in [6.45, 7) is 0. The van der Waals surface area contributed by atoms with Crippen LogP contribution in [-0.2, 0) is 0 Å². The van der Waals surface area contributed by atoms with E-state index in [1.54, 1.807) is 24.1 Å². The zero-order chi connectivity index (χ0) is 13.1. The summed E-state index contributed by atoms with van der Waals surface area (Å²) >= 11 is 3.25. The fourth-order valence-electron chi connectivity index (χ4n) is 2.51. The highest BCUT2D eigenvalue weighted by atomic mass is 79.9. The molecule has 1 amide bonds. The summed E-state index contributed by atoms with van der Waals surface area (Å²) in [4.78, 5) is 14.0. The molecule has 0 bridgehead atoms. The topological polar surface area (TPSA) is 20.3 Å². The Morgan fingerprint density at radius 2 is 2.00 bits per heavy atom. The van der Waals surface area contributed by atoms with Gasteiger partial charge in [0.1, 0.15) is 5.82 Å². The van der Waals surface area contributed by atoms with Gasteiger partial charge in [0, 0.05) is 17.6 Å². The van der Waals surface area contributed by atoms with Crippen LogP contribution < -0.4 is 0 Å². The molecule has 1 aliphatic rings. The number of nitrogens with zero attached hydrogens (tertiary/aromatic N) is 1. The number of benzene rings is 1. The summed E-state index contributed by atoms with van der Waals surface area (Å²) in [5.74, 6) is -0.691. The standard InChI is InChI=1S/C14H17BrFNO/c1-17(10-6-3-2-4-7-10)14(18)13-11(15)8-5-9-12(13)16/h5,8-10H,2-4,6-7H2,1H3. The van der Waals surface area contributed by atoms with Gasteiger partial charge >= 0.3 is 0 Å². The minimum absolute atomic E-state index is 0.144. The molecule has 0 heterocycles. The molecule has 0 unspecified atom stereocenters. The van der Waals surface area contributed by atoms with Gasteiger partial charge in [-0.3, -0.25) is 4.79 Å². The lowest BCUT2D eigenvalue weighted by molar-refractivity contribution is 0.0690. The third-order valence-electron chi connectivity index (χ3n) is 3.62. The molecule has 1 aliphatic carbocycles. The summed E-state index contributed by atoms with van der Waals surface area (Å²) in [5, 5.41) is 0. The fraction of sp³-hybridized carbons (Fsp3) is 0.500. The Morgan fingerprint density at radius 1 is 1.33 bits per heavy atom. The number of carbonyl (C=O) groups excluding carboxylic acids is 1. The number of hydrogen-bond acceptors (Lipinski definition) is 1. The van der Waals surface area contributed by atoms with Crippen LogP contribution in [0.2, 0.25) is 0 Å². The number of halogens is 2. The summed E-state index contributed by atoms with van der Waals surface area (Å²) in [7, 11) is 1.78. The van der Waals surface area contributed by atoms with Crippen LogP contribution in [0.25, 0.3) is 0 Å². The lowest BCUT2D eigenvalue weighted by Crippen LogP contribution is -2.38. The molecule has 0 aliphatic heterocycles. The lowest BCUT2D eigenvalue weighted by atomic mass is 9.94. The number of carbonyl (C=O) groups is 1. The molecule has 0 N–H and O–H groups in total. The van der Waals surface area contributed by atoms with E-state index in [9.17, 15) is 9.18 Å². The van der Waals surface area contributed by atoms with E-state index in [0.29, 0.717) is 4.47 Å². The van der Waals surface area contributed by atoms with Crippen LogP contribution in [0.1, 0.15) is 42.5 Å². The summed E-state index contributed by atoms with van der Waals surface area (Å²) in [5.41, 5.74) is 0.144. The van der Waals surface area contributed by atoms with E-state index in [0.717, 1.165) is 25.7 Å². The highest BCUT2D eigenvalue weighted by Gasteiger charge is 2.26. The molecular weight excluding hydrogens is 297 g/mol. The average molecular weight is 314 g/mol. The van der Waals surface area contributed by atoms with Gasteiger partial charge in [-0.05, 0) is 40.9 Å². The van der Waals surface area contributed by atoms with Gasteiger partial charge in [-0.1, -0.05) is 25.3 Å². The highest BCUT2D eigenvalue weighted by Crippen LogP contribution is 2.26. The Kier molecular flexibility index (Phi) is 4.38. The first-order valence-electron chi connectivity index (χ1n) is 6.32. The van der Waals surface area contributed by atoms with E-state index < -0.39 is 5.82 Å². The van der Waals surface area contributed by atoms with E-state index >= 15 is 0 Å². The minimum Gasteiger partial charge on any atom is -0.339 e. The van der Waals surface area contributed by atoms with Gasteiger partial charge in [-0.25, -0.2) is 4.39 Å². The van der Waals surface area contributed by atoms with Crippen molar-refractivity contribution in [2.45, 2.75) is 38.1 Å². The Bertz CT molecular complexity index is 423. The van der Waals surface area contributed by atoms with Crippen LogP contribution in [0.3, 0.4) is 0 Å². The van der Waals surface area contributed by atoms with Crippen molar-refractivity contribution in [3.05, 3.63) is 34.1 Å². The van der Waals surface area contributed by atoms with Gasteiger partial charge in [-0.2, -0.15) is 0 Å². The molecule has 18 heavy (non-hydrogen) atoms. The SMILES string of the molecule is CN(C(=O)c1c(F)cccc1Br)C1CCCCC1. The molecule has 0 atom stereocenters. The normalized spacial score (nSPS) is 16.6. The second-order valence-corrected chi connectivity index (χ2v) is 5.66. The molecule has 0 radical (unpaired) electrons. The van der Waals surface area contributed by atoms with Crippen molar-refractivity contribution in [2.24, 2.45) is 0 Å². The molecule has 1 saturated carbocycles. The number of rotatable bonds is 2. The van der Waals surface area contributed by atoms with Gasteiger partial charge in [0.2, 0.25) is 0 Å². The van der Waals surface area contributed by atoms with Crippen molar-refractivity contribution in [1.82, 2.24) is 4.90 Å². The molecule has 4 heteroatoms. The van der Waals surface area contributed by atoms with Crippen molar-refractivity contribution in [3.63, 3.8) is 0 Å². The maximum Gasteiger partial charge on any atom is 0.257 e. The van der Waals surface area contributed by atoms with E-state index in [4.69, 9.17) is 0 Å². The third-order valence-corrected chi connectivity index (χ3v) is 4.28. The first-order chi connectivity index (χ1) is 8.61. The summed E-state index contributed by atoms with van der Waals surface area (Å²) < 4.78 is 14.3. The van der Waals surface area contributed by atoms with Crippen LogP contribution in [0.15, 0.2) is 22.7 Å². The van der Waals surface area contributed by atoms with Crippen molar-refractivity contribution in [3.8, 4) is 0 Å². The molecule has 0 aromatic heterocycles. The second kappa shape index (κ2) is 5.83. The quantitative estimate of drug-likeness (QED) is 0.808. The average Bonchev–Trinajstić information content (AvgIpc) is 2.38. The molecule has 1 aromatic rings. The zero-order valence-corrected chi connectivity index (χ0v) is 12.0. The Hall–Kier alpha value is -0.900. The maximum atomic E-state index is 13.8. The number of amides is 1. The largest absolute Gasteiger partial charge is 0.339 e. The minimum atomic E-state index is -0.461. The van der Waals surface area contributed by atoms with Crippen LogP contribution in [0.5, 0.6) is 0 Å². The van der Waals surface area contributed by atoms with Gasteiger partial charge in [-0.15, -0.1) is 0 Å². The second-order valence-electron chi connectivity index (χ2n) is 4.80. The van der Waals surface area contributed by atoms with E-state index in [1.807, 2.05) is 0 Å². The molecule has 2 rings (SSSR count). The van der Waals surface area contributed by atoms with Gasteiger partial charge in [0.15, 0.2) is 0 Å².